The van der Waals surface area contributed by atoms with Crippen LogP contribution in [0.1, 0.15) is 48.8 Å². The van der Waals surface area contributed by atoms with Crippen LogP contribution < -0.4 is 5.73 Å². The molecule has 0 radical (unpaired) electrons. The number of pyridine rings is 1. The molecule has 2 atom stereocenters. The second-order valence-electron chi connectivity index (χ2n) is 8.91. The van der Waals surface area contributed by atoms with Crippen molar-refractivity contribution >= 4 is 5.82 Å². The largest absolute Gasteiger partial charge is 0.383 e. The predicted octanol–water partition coefficient (Wildman–Crippen LogP) is 2.62. The number of likely N-dealkylation sites (tertiary alicyclic amines) is 1. The molecule has 3 aliphatic rings. The maximum absolute atomic E-state index is 9.27. The van der Waals surface area contributed by atoms with Crippen LogP contribution in [0.25, 0.3) is 11.3 Å². The van der Waals surface area contributed by atoms with E-state index in [1.807, 2.05) is 12.4 Å². The van der Waals surface area contributed by atoms with Crippen molar-refractivity contribution in [2.45, 2.75) is 43.7 Å². The summed E-state index contributed by atoms with van der Waals surface area (Å²) in [5, 5.41) is 14.1. The first-order valence-corrected chi connectivity index (χ1v) is 10.6. The van der Waals surface area contributed by atoms with Gasteiger partial charge in [0, 0.05) is 48.4 Å². The minimum atomic E-state index is 0.143. The molecule has 2 aliphatic heterocycles. The number of anilines is 1. The van der Waals surface area contributed by atoms with Gasteiger partial charge in [0.05, 0.1) is 17.3 Å². The predicted molar refractivity (Wildman–Crippen MR) is 111 cm³/mol. The summed E-state index contributed by atoms with van der Waals surface area (Å²) < 4.78 is 2.15. The van der Waals surface area contributed by atoms with Crippen LogP contribution in [-0.2, 0) is 12.0 Å². The molecule has 0 aromatic carbocycles. The fourth-order valence-electron chi connectivity index (χ4n) is 5.41. The number of aryl methyl sites for hydroxylation is 1. The van der Waals surface area contributed by atoms with Gasteiger partial charge in [-0.2, -0.15) is 10.4 Å². The molecule has 5 heterocycles. The van der Waals surface area contributed by atoms with E-state index in [-0.39, 0.29) is 11.2 Å². The highest BCUT2D eigenvalue weighted by Crippen LogP contribution is 2.50. The van der Waals surface area contributed by atoms with Crippen molar-refractivity contribution in [2.24, 2.45) is 5.92 Å². The molecule has 1 saturated carbocycles. The maximum Gasteiger partial charge on any atom is 0.141 e. The Kier molecular flexibility index (Phi) is 3.77. The fourth-order valence-corrected chi connectivity index (χ4v) is 5.41. The van der Waals surface area contributed by atoms with E-state index in [0.717, 1.165) is 55.5 Å². The van der Waals surface area contributed by atoms with Crippen molar-refractivity contribution in [2.75, 3.05) is 18.8 Å². The lowest BCUT2D eigenvalue weighted by molar-refractivity contribution is 0.198. The molecule has 3 N–H and O–H groups in total. The molecule has 6 rings (SSSR count). The summed E-state index contributed by atoms with van der Waals surface area (Å²) in [7, 11) is 0. The van der Waals surface area contributed by atoms with Crippen LogP contribution in [0.3, 0.4) is 0 Å². The summed E-state index contributed by atoms with van der Waals surface area (Å²) in [5.74, 6) is 2.09. The van der Waals surface area contributed by atoms with Crippen molar-refractivity contribution in [3.8, 4) is 17.3 Å². The van der Waals surface area contributed by atoms with Gasteiger partial charge < -0.3 is 10.7 Å². The Hall–Kier alpha value is -3.18. The van der Waals surface area contributed by atoms with E-state index in [1.165, 1.54) is 18.5 Å². The number of nitrogens with two attached hydrogens (primary N) is 1. The summed E-state index contributed by atoms with van der Waals surface area (Å²) >= 11 is 0. The monoisotopic (exact) mass is 400 g/mol. The average molecular weight is 400 g/mol. The lowest BCUT2D eigenvalue weighted by Crippen LogP contribution is -2.33. The van der Waals surface area contributed by atoms with E-state index in [0.29, 0.717) is 11.6 Å². The third kappa shape index (κ3) is 2.66. The molecule has 0 bridgehead atoms. The molecule has 8 nitrogen and oxygen atoms in total. The van der Waals surface area contributed by atoms with Crippen LogP contribution in [0.15, 0.2) is 30.7 Å². The van der Waals surface area contributed by atoms with Crippen molar-refractivity contribution < 1.29 is 0 Å². The van der Waals surface area contributed by atoms with Gasteiger partial charge in [0.25, 0.3) is 0 Å². The molecule has 3 aromatic rings. The SMILES string of the molecule is N#Cc1cc(-c2cc3n(n2)CC[C@@]32CCN(C(c3ncc[nH]3)C3CC3)C2)cnc1N. The Morgan fingerprint density at radius 2 is 2.10 bits per heavy atom. The molecular weight excluding hydrogens is 376 g/mol. The highest BCUT2D eigenvalue weighted by atomic mass is 15.3. The van der Waals surface area contributed by atoms with E-state index in [2.05, 4.69) is 36.7 Å². The number of aromatic amines is 1. The Morgan fingerprint density at radius 3 is 2.87 bits per heavy atom. The van der Waals surface area contributed by atoms with Crippen LogP contribution in [-0.4, -0.2) is 42.7 Å². The van der Waals surface area contributed by atoms with Gasteiger partial charge in [-0.3, -0.25) is 9.58 Å². The number of H-pyrrole nitrogens is 1. The standard InChI is InChI=1S/C22H24N8/c23-11-15-9-16(12-27-20(15)24)17-10-18-22(4-8-30(18)28-17)3-7-29(13-22)19(14-1-2-14)21-25-5-6-26-21/h5-6,9-10,12,14,19H,1-4,7-8,13H2,(H2,24,27)(H,25,26)/t19?,22-/m1/s1. The Bertz CT molecular complexity index is 1140. The van der Waals surface area contributed by atoms with E-state index in [9.17, 15) is 5.26 Å². The second-order valence-corrected chi connectivity index (χ2v) is 8.91. The van der Waals surface area contributed by atoms with Crippen LogP contribution in [0, 0.1) is 17.2 Å². The lowest BCUT2D eigenvalue weighted by atomic mass is 9.82. The third-order valence-corrected chi connectivity index (χ3v) is 7.10. The molecule has 2 fully saturated rings. The molecule has 30 heavy (non-hydrogen) atoms. The van der Waals surface area contributed by atoms with Crippen molar-refractivity contribution in [3.63, 3.8) is 0 Å². The van der Waals surface area contributed by atoms with Gasteiger partial charge in [0.2, 0.25) is 0 Å². The first-order valence-electron chi connectivity index (χ1n) is 10.6. The van der Waals surface area contributed by atoms with Crippen molar-refractivity contribution in [3.05, 3.63) is 47.8 Å². The topological polar surface area (TPSA) is 112 Å². The molecule has 1 aliphatic carbocycles. The first-order chi connectivity index (χ1) is 14.7. The number of nitrogens with one attached hydrogen (secondary N) is 1. The van der Waals surface area contributed by atoms with E-state index in [1.54, 1.807) is 12.3 Å². The molecule has 152 valence electrons. The maximum atomic E-state index is 9.27. The zero-order chi connectivity index (χ0) is 20.3. The Morgan fingerprint density at radius 1 is 1.23 bits per heavy atom. The number of imidazole rings is 1. The second kappa shape index (κ2) is 6.41. The van der Waals surface area contributed by atoms with E-state index < -0.39 is 0 Å². The zero-order valence-corrected chi connectivity index (χ0v) is 16.8. The molecular formula is C22H24N8. The number of nitriles is 1. The molecule has 3 aromatic heterocycles. The highest BCUT2D eigenvalue weighted by Gasteiger charge is 2.49. The van der Waals surface area contributed by atoms with Gasteiger partial charge in [-0.05, 0) is 50.3 Å². The molecule has 1 unspecified atom stereocenters. The lowest BCUT2D eigenvalue weighted by Gasteiger charge is -2.29. The number of hydrogen-bond acceptors (Lipinski definition) is 6. The average Bonchev–Trinajstić information content (AvgIpc) is 3.14. The van der Waals surface area contributed by atoms with Crippen LogP contribution in [0.4, 0.5) is 5.82 Å². The quantitative estimate of drug-likeness (QED) is 0.696. The zero-order valence-electron chi connectivity index (χ0n) is 16.8. The van der Waals surface area contributed by atoms with Gasteiger partial charge in [-0.1, -0.05) is 0 Å². The number of nitrogens with zero attached hydrogens (tertiary/aromatic N) is 6. The van der Waals surface area contributed by atoms with Gasteiger partial charge in [-0.25, -0.2) is 9.97 Å². The molecule has 8 heteroatoms. The first kappa shape index (κ1) is 17.7. The van der Waals surface area contributed by atoms with Gasteiger partial charge in [0.15, 0.2) is 0 Å². The van der Waals surface area contributed by atoms with Crippen molar-refractivity contribution in [1.82, 2.24) is 29.6 Å². The molecule has 0 amide bonds. The van der Waals surface area contributed by atoms with Crippen molar-refractivity contribution in [1.29, 1.82) is 5.26 Å². The summed E-state index contributed by atoms with van der Waals surface area (Å²) in [6, 6.07) is 6.50. The smallest absolute Gasteiger partial charge is 0.141 e. The number of rotatable bonds is 4. The minimum absolute atomic E-state index is 0.143. The van der Waals surface area contributed by atoms with Crippen LogP contribution >= 0.6 is 0 Å². The van der Waals surface area contributed by atoms with Gasteiger partial charge >= 0.3 is 0 Å². The van der Waals surface area contributed by atoms with E-state index in [4.69, 9.17) is 10.8 Å². The summed E-state index contributed by atoms with van der Waals surface area (Å²) in [4.78, 5) is 14.8. The fraction of sp³-hybridized carbons (Fsp3) is 0.455. The number of fused-ring (bicyclic) bond motifs is 2. The van der Waals surface area contributed by atoms with Gasteiger partial charge in [-0.15, -0.1) is 0 Å². The summed E-state index contributed by atoms with van der Waals surface area (Å²) in [6.07, 6.45) is 10.4. The number of nitrogen functional groups attached to an aromatic ring is 1. The van der Waals surface area contributed by atoms with E-state index >= 15 is 0 Å². The Balaban J connectivity index is 1.31. The highest BCUT2D eigenvalue weighted by molar-refractivity contribution is 5.65. The summed E-state index contributed by atoms with van der Waals surface area (Å²) in [5.41, 5.74) is 9.35. The number of hydrogen-bond donors (Lipinski definition) is 2. The van der Waals surface area contributed by atoms with Crippen LogP contribution in [0.2, 0.25) is 0 Å². The minimum Gasteiger partial charge on any atom is -0.383 e. The third-order valence-electron chi connectivity index (χ3n) is 7.10. The van der Waals surface area contributed by atoms with Crippen LogP contribution in [0.5, 0.6) is 0 Å². The molecule has 1 spiro atoms. The number of aromatic nitrogens is 5. The van der Waals surface area contributed by atoms with Gasteiger partial charge in [0.1, 0.15) is 17.7 Å². The summed E-state index contributed by atoms with van der Waals surface area (Å²) in [6.45, 7) is 3.07. The molecule has 1 saturated heterocycles. The normalized spacial score (nSPS) is 24.2. The Labute approximate surface area is 174 Å².